The number of aromatic nitrogens is 4. The average Bonchev–Trinajstić information content (AvgIpc) is 3.35. The average molecular weight is 417 g/mol. The van der Waals surface area contributed by atoms with Crippen LogP contribution in [0.3, 0.4) is 0 Å². The van der Waals surface area contributed by atoms with Gasteiger partial charge in [0, 0.05) is 42.9 Å². The first kappa shape index (κ1) is 20.1. The first-order valence-corrected chi connectivity index (χ1v) is 10.8. The molecule has 0 aliphatic carbocycles. The van der Waals surface area contributed by atoms with E-state index in [1.54, 1.807) is 0 Å². The number of hydrogen-bond donors (Lipinski definition) is 2. The number of aliphatic hydroxyl groups excluding tert-OH is 1. The second-order valence-electron chi connectivity index (χ2n) is 8.96. The summed E-state index contributed by atoms with van der Waals surface area (Å²) in [6.07, 6.45) is 3.75. The summed E-state index contributed by atoms with van der Waals surface area (Å²) >= 11 is 0. The highest BCUT2D eigenvalue weighted by Crippen LogP contribution is 2.29. The largest absolute Gasteiger partial charge is 0.396 e. The Bertz CT molecular complexity index is 1250. The Morgan fingerprint density at radius 2 is 2.00 bits per heavy atom. The van der Waals surface area contributed by atoms with Gasteiger partial charge in [0.2, 0.25) is 0 Å². The van der Waals surface area contributed by atoms with Gasteiger partial charge in [-0.15, -0.1) is 10.2 Å². The Labute approximate surface area is 181 Å². The van der Waals surface area contributed by atoms with Crippen molar-refractivity contribution in [3.8, 4) is 11.5 Å². The molecule has 0 radical (unpaired) electrons. The number of nitrogens with zero attached hydrogens (tertiary/aromatic N) is 5. The second kappa shape index (κ2) is 7.67. The molecule has 4 heterocycles. The highest BCUT2D eigenvalue weighted by Gasteiger charge is 2.32. The summed E-state index contributed by atoms with van der Waals surface area (Å²) in [6.45, 7) is 6.37. The van der Waals surface area contributed by atoms with Crippen LogP contribution >= 0.6 is 0 Å². The molecule has 4 aromatic rings. The zero-order chi connectivity index (χ0) is 21.6. The van der Waals surface area contributed by atoms with Gasteiger partial charge in [-0.1, -0.05) is 24.3 Å². The maximum atomic E-state index is 9.24. The highest BCUT2D eigenvalue weighted by molar-refractivity contribution is 5.81. The number of fused-ring (bicyclic) bond motifs is 2. The summed E-state index contributed by atoms with van der Waals surface area (Å²) in [6, 6.07) is 14.5. The third-order valence-electron chi connectivity index (χ3n) is 6.38. The number of hydrogen-bond acceptors (Lipinski definition) is 6. The van der Waals surface area contributed by atoms with Crippen molar-refractivity contribution in [3.63, 3.8) is 0 Å². The molecule has 2 atom stereocenters. The van der Waals surface area contributed by atoms with Crippen molar-refractivity contribution < 1.29 is 5.11 Å². The molecule has 1 saturated heterocycles. The van der Waals surface area contributed by atoms with Crippen LogP contribution in [0.25, 0.3) is 28.1 Å². The van der Waals surface area contributed by atoms with Crippen molar-refractivity contribution in [1.29, 1.82) is 0 Å². The summed E-state index contributed by atoms with van der Waals surface area (Å²) in [4.78, 5) is 7.28. The lowest BCUT2D eigenvalue weighted by Gasteiger charge is -2.26. The molecule has 1 aromatic carbocycles. The fraction of sp³-hybridized carbons (Fsp3) is 0.375. The van der Waals surface area contributed by atoms with Gasteiger partial charge in [-0.05, 0) is 56.0 Å². The zero-order valence-electron chi connectivity index (χ0n) is 18.0. The Balaban J connectivity index is 1.52. The maximum absolute atomic E-state index is 9.24. The van der Waals surface area contributed by atoms with E-state index in [4.69, 9.17) is 10.7 Å². The predicted octanol–water partition coefficient (Wildman–Crippen LogP) is 2.96. The Morgan fingerprint density at radius 3 is 2.77 bits per heavy atom. The topological polar surface area (TPSA) is 92.6 Å². The van der Waals surface area contributed by atoms with E-state index in [1.165, 1.54) is 5.56 Å². The normalized spacial score (nSPS) is 20.6. The molecule has 0 saturated carbocycles. The summed E-state index contributed by atoms with van der Waals surface area (Å²) in [7, 11) is 0. The van der Waals surface area contributed by atoms with Crippen molar-refractivity contribution >= 4 is 16.6 Å². The minimum atomic E-state index is -0.121. The van der Waals surface area contributed by atoms with E-state index < -0.39 is 0 Å². The quantitative estimate of drug-likeness (QED) is 0.520. The van der Waals surface area contributed by atoms with E-state index in [9.17, 15) is 5.11 Å². The first-order chi connectivity index (χ1) is 14.9. The number of benzene rings is 1. The minimum Gasteiger partial charge on any atom is -0.396 e. The van der Waals surface area contributed by atoms with E-state index in [0.29, 0.717) is 6.42 Å². The molecule has 1 aliphatic heterocycles. The molecule has 3 N–H and O–H groups in total. The molecule has 0 unspecified atom stereocenters. The van der Waals surface area contributed by atoms with Gasteiger partial charge in [-0.3, -0.25) is 9.30 Å². The third kappa shape index (κ3) is 3.80. The van der Waals surface area contributed by atoms with Crippen molar-refractivity contribution in [3.05, 3.63) is 59.8 Å². The molecule has 160 valence electrons. The molecule has 3 aromatic heterocycles. The van der Waals surface area contributed by atoms with E-state index in [2.05, 4.69) is 47.3 Å². The number of nitrogens with two attached hydrogens (primary N) is 1. The van der Waals surface area contributed by atoms with Crippen molar-refractivity contribution in [2.75, 3.05) is 19.7 Å². The van der Waals surface area contributed by atoms with Crippen LogP contribution in [0, 0.1) is 0 Å². The summed E-state index contributed by atoms with van der Waals surface area (Å²) in [5, 5.41) is 19.1. The fourth-order valence-electron chi connectivity index (χ4n) is 4.46. The van der Waals surface area contributed by atoms with E-state index in [1.807, 2.05) is 34.7 Å². The summed E-state index contributed by atoms with van der Waals surface area (Å²) in [5.41, 5.74) is 11.0. The Kier molecular flexibility index (Phi) is 4.97. The summed E-state index contributed by atoms with van der Waals surface area (Å²) < 4.78 is 2.02. The van der Waals surface area contributed by atoms with Crippen molar-refractivity contribution in [2.24, 2.45) is 5.73 Å². The number of aliphatic hydroxyl groups is 1. The standard InChI is InChI=1S/C24H28N6O/c1-16(29-11-10-24(2,25)15-29)19-6-8-22-27-28-23(30(22)14-19)20-7-5-18-4-3-17(9-12-31)13-21(18)26-20/h3-8,13-14,16,31H,9-12,15,25H2,1-2H3/t16-,24+/m1/s1. The molecule has 1 fully saturated rings. The third-order valence-corrected chi connectivity index (χ3v) is 6.38. The molecule has 0 spiro atoms. The van der Waals surface area contributed by atoms with Gasteiger partial charge in [0.15, 0.2) is 11.5 Å². The van der Waals surface area contributed by atoms with Crippen LogP contribution in [0.4, 0.5) is 0 Å². The predicted molar refractivity (Wildman–Crippen MR) is 122 cm³/mol. The van der Waals surface area contributed by atoms with Crippen LogP contribution in [-0.4, -0.2) is 54.8 Å². The van der Waals surface area contributed by atoms with Gasteiger partial charge in [0.1, 0.15) is 5.69 Å². The lowest BCUT2D eigenvalue weighted by molar-refractivity contribution is 0.248. The van der Waals surface area contributed by atoms with Crippen molar-refractivity contribution in [1.82, 2.24) is 24.5 Å². The number of rotatable bonds is 5. The lowest BCUT2D eigenvalue weighted by atomic mass is 10.0. The molecule has 0 amide bonds. The van der Waals surface area contributed by atoms with E-state index in [-0.39, 0.29) is 18.2 Å². The van der Waals surface area contributed by atoms with Gasteiger partial charge in [0.05, 0.1) is 5.52 Å². The molecular weight excluding hydrogens is 388 g/mol. The Hall–Kier alpha value is -2.87. The first-order valence-electron chi connectivity index (χ1n) is 10.8. The molecule has 7 nitrogen and oxygen atoms in total. The van der Waals surface area contributed by atoms with Gasteiger partial charge in [0.25, 0.3) is 0 Å². The maximum Gasteiger partial charge on any atom is 0.187 e. The van der Waals surface area contributed by atoms with Crippen LogP contribution in [0.15, 0.2) is 48.7 Å². The Morgan fingerprint density at radius 1 is 1.16 bits per heavy atom. The van der Waals surface area contributed by atoms with Crippen molar-refractivity contribution in [2.45, 2.75) is 38.3 Å². The number of pyridine rings is 2. The van der Waals surface area contributed by atoms with Gasteiger partial charge < -0.3 is 10.8 Å². The second-order valence-corrected chi connectivity index (χ2v) is 8.96. The molecule has 1 aliphatic rings. The lowest BCUT2D eigenvalue weighted by Crippen LogP contribution is -2.39. The number of likely N-dealkylation sites (tertiary alicyclic amines) is 1. The van der Waals surface area contributed by atoms with Gasteiger partial charge in [-0.25, -0.2) is 4.98 Å². The van der Waals surface area contributed by atoms with E-state index >= 15 is 0 Å². The minimum absolute atomic E-state index is 0.121. The summed E-state index contributed by atoms with van der Waals surface area (Å²) in [5.74, 6) is 0.726. The molecule has 7 heteroatoms. The zero-order valence-corrected chi connectivity index (χ0v) is 18.0. The van der Waals surface area contributed by atoms with Crippen LogP contribution in [-0.2, 0) is 6.42 Å². The van der Waals surface area contributed by atoms with Crippen LogP contribution in [0.1, 0.15) is 37.4 Å². The van der Waals surface area contributed by atoms with Gasteiger partial charge >= 0.3 is 0 Å². The molecule has 31 heavy (non-hydrogen) atoms. The fourth-order valence-corrected chi connectivity index (χ4v) is 4.46. The van der Waals surface area contributed by atoms with Crippen LogP contribution in [0.2, 0.25) is 0 Å². The molecule has 0 bridgehead atoms. The molecular formula is C24H28N6O. The smallest absolute Gasteiger partial charge is 0.187 e. The monoisotopic (exact) mass is 416 g/mol. The highest BCUT2D eigenvalue weighted by atomic mass is 16.2. The SMILES string of the molecule is C[C@H](c1ccc2nnc(-c3ccc4ccc(CCO)cc4n3)n2c1)N1CC[C@](C)(N)C1. The van der Waals surface area contributed by atoms with Gasteiger partial charge in [-0.2, -0.15) is 0 Å². The van der Waals surface area contributed by atoms with Crippen LogP contribution in [0.5, 0.6) is 0 Å². The van der Waals surface area contributed by atoms with Crippen LogP contribution < -0.4 is 5.73 Å². The van der Waals surface area contributed by atoms with E-state index in [0.717, 1.165) is 53.1 Å². The molecule has 5 rings (SSSR count).